The maximum atomic E-state index is 4.52. The molecule has 1 aromatic carbocycles. The summed E-state index contributed by atoms with van der Waals surface area (Å²) in [5, 5.41) is 0.990. The van der Waals surface area contributed by atoms with Crippen molar-refractivity contribution in [1.82, 2.24) is 15.0 Å². The minimum absolute atomic E-state index is 0.745. The fraction of sp³-hybridized carbons (Fsp3) is 0.188. The van der Waals surface area contributed by atoms with Gasteiger partial charge in [-0.15, -0.1) is 0 Å². The normalized spacial score (nSPS) is 9.84. The Morgan fingerprint density at radius 2 is 1.58 bits per heavy atom. The van der Waals surface area contributed by atoms with Crippen LogP contribution in [0.2, 0.25) is 0 Å². The Hall–Kier alpha value is -2.29. The van der Waals surface area contributed by atoms with Crippen molar-refractivity contribution in [3.05, 3.63) is 54.5 Å². The molecule has 0 N–H and O–H groups in total. The number of pyridine rings is 1. The van der Waals surface area contributed by atoms with E-state index in [0.29, 0.717) is 0 Å². The van der Waals surface area contributed by atoms with Crippen LogP contribution < -0.4 is 0 Å². The van der Waals surface area contributed by atoms with Gasteiger partial charge in [-0.2, -0.15) is 0 Å². The van der Waals surface area contributed by atoms with E-state index in [1.54, 1.807) is 6.20 Å². The molecule has 3 nitrogen and oxygen atoms in total. The molecule has 96 valence electrons. The fourth-order valence-electron chi connectivity index (χ4n) is 1.89. The molecule has 19 heavy (non-hydrogen) atoms. The van der Waals surface area contributed by atoms with Crippen molar-refractivity contribution in [2.75, 3.05) is 0 Å². The quantitative estimate of drug-likeness (QED) is 0.655. The van der Waals surface area contributed by atoms with E-state index in [0.717, 1.165) is 28.1 Å². The molecule has 3 rings (SSSR count). The molecule has 2 aromatic heterocycles. The second kappa shape index (κ2) is 6.05. The molecule has 3 aromatic rings. The Morgan fingerprint density at radius 1 is 0.842 bits per heavy atom. The van der Waals surface area contributed by atoms with Crippen LogP contribution in [0.4, 0.5) is 0 Å². The predicted octanol–water partition coefficient (Wildman–Crippen LogP) is 4.03. The molecular weight excluding hydrogens is 234 g/mol. The predicted molar refractivity (Wildman–Crippen MR) is 78.9 cm³/mol. The van der Waals surface area contributed by atoms with Gasteiger partial charge in [0.25, 0.3) is 0 Å². The largest absolute Gasteiger partial charge is 0.237 e. The number of nitrogens with zero attached hydrogens (tertiary/aromatic N) is 3. The number of aromatic nitrogens is 3. The van der Waals surface area contributed by atoms with Crippen molar-refractivity contribution >= 4 is 11.0 Å². The third-order valence-electron chi connectivity index (χ3n) is 2.63. The van der Waals surface area contributed by atoms with E-state index in [9.17, 15) is 0 Å². The summed E-state index contributed by atoms with van der Waals surface area (Å²) in [6.07, 6.45) is 1.75. The zero-order chi connectivity index (χ0) is 13.7. The molecule has 0 saturated carbocycles. The summed E-state index contributed by atoms with van der Waals surface area (Å²) >= 11 is 0. The molecule has 0 fully saturated rings. The van der Waals surface area contributed by atoms with Gasteiger partial charge in [-0.05, 0) is 19.1 Å². The lowest BCUT2D eigenvalue weighted by molar-refractivity contribution is 1.08. The first-order valence-electron chi connectivity index (χ1n) is 6.49. The highest BCUT2D eigenvalue weighted by Crippen LogP contribution is 2.24. The Bertz CT molecular complexity index is 663. The van der Waals surface area contributed by atoms with E-state index in [2.05, 4.69) is 15.0 Å². The summed E-state index contributed by atoms with van der Waals surface area (Å²) in [5.41, 5.74) is 2.79. The lowest BCUT2D eigenvalue weighted by atomic mass is 10.1. The highest BCUT2D eigenvalue weighted by molar-refractivity contribution is 5.89. The van der Waals surface area contributed by atoms with Crippen LogP contribution in [-0.2, 0) is 0 Å². The van der Waals surface area contributed by atoms with Crippen LogP contribution >= 0.6 is 0 Å². The van der Waals surface area contributed by atoms with Crippen molar-refractivity contribution in [3.8, 4) is 11.3 Å². The first kappa shape index (κ1) is 13.1. The molecule has 0 aliphatic rings. The molecule has 0 atom stereocenters. The van der Waals surface area contributed by atoms with Gasteiger partial charge in [0.2, 0.25) is 0 Å². The summed E-state index contributed by atoms with van der Waals surface area (Å²) in [5.74, 6) is 0.745. The van der Waals surface area contributed by atoms with Gasteiger partial charge in [0.05, 0.1) is 5.69 Å². The smallest absolute Gasteiger partial charge is 0.163 e. The number of hydrogen-bond donors (Lipinski definition) is 0. The summed E-state index contributed by atoms with van der Waals surface area (Å²) in [6, 6.07) is 14.0. The van der Waals surface area contributed by atoms with Gasteiger partial charge >= 0.3 is 0 Å². The number of benzene rings is 1. The summed E-state index contributed by atoms with van der Waals surface area (Å²) in [7, 11) is 0. The summed E-state index contributed by atoms with van der Waals surface area (Å²) < 4.78 is 0. The number of hydrogen-bond acceptors (Lipinski definition) is 3. The van der Waals surface area contributed by atoms with Gasteiger partial charge in [-0.25, -0.2) is 15.0 Å². The van der Waals surface area contributed by atoms with Crippen LogP contribution in [-0.4, -0.2) is 15.0 Å². The average molecular weight is 251 g/mol. The Balaban J connectivity index is 0.000000637. The molecule has 0 amide bonds. The van der Waals surface area contributed by atoms with E-state index in [1.807, 2.05) is 63.2 Å². The van der Waals surface area contributed by atoms with Crippen LogP contribution in [0.3, 0.4) is 0 Å². The van der Waals surface area contributed by atoms with E-state index in [4.69, 9.17) is 0 Å². The van der Waals surface area contributed by atoms with Gasteiger partial charge in [-0.1, -0.05) is 44.2 Å². The zero-order valence-corrected chi connectivity index (χ0v) is 11.5. The highest BCUT2D eigenvalue weighted by Gasteiger charge is 2.07. The van der Waals surface area contributed by atoms with Gasteiger partial charge in [0.1, 0.15) is 5.82 Å². The molecule has 0 bridgehead atoms. The molecule has 0 aliphatic carbocycles. The molecule has 0 unspecified atom stereocenters. The van der Waals surface area contributed by atoms with Crippen LogP contribution in [0.25, 0.3) is 22.3 Å². The van der Waals surface area contributed by atoms with E-state index in [-0.39, 0.29) is 0 Å². The Labute approximate surface area is 113 Å². The summed E-state index contributed by atoms with van der Waals surface area (Å²) in [4.78, 5) is 13.1. The third-order valence-corrected chi connectivity index (χ3v) is 2.63. The number of rotatable bonds is 1. The summed E-state index contributed by atoms with van der Waals surface area (Å²) in [6.45, 7) is 5.89. The van der Waals surface area contributed by atoms with Crippen LogP contribution in [0, 0.1) is 6.92 Å². The third kappa shape index (κ3) is 2.76. The number of aryl methyl sites for hydroxylation is 1. The second-order valence-corrected chi connectivity index (χ2v) is 3.86. The van der Waals surface area contributed by atoms with Gasteiger partial charge in [-0.3, -0.25) is 0 Å². The van der Waals surface area contributed by atoms with Crippen molar-refractivity contribution in [2.45, 2.75) is 20.8 Å². The van der Waals surface area contributed by atoms with Crippen molar-refractivity contribution < 1.29 is 0 Å². The maximum absolute atomic E-state index is 4.52. The molecule has 0 saturated heterocycles. The van der Waals surface area contributed by atoms with Gasteiger partial charge in [0.15, 0.2) is 5.65 Å². The zero-order valence-electron chi connectivity index (χ0n) is 11.5. The monoisotopic (exact) mass is 251 g/mol. The minimum atomic E-state index is 0.745. The molecule has 3 heteroatoms. The minimum Gasteiger partial charge on any atom is -0.237 e. The highest BCUT2D eigenvalue weighted by atomic mass is 14.9. The van der Waals surface area contributed by atoms with Gasteiger partial charge < -0.3 is 0 Å². The van der Waals surface area contributed by atoms with Crippen molar-refractivity contribution in [3.63, 3.8) is 0 Å². The first-order chi connectivity index (χ1) is 9.34. The van der Waals surface area contributed by atoms with E-state index < -0.39 is 0 Å². The van der Waals surface area contributed by atoms with E-state index >= 15 is 0 Å². The van der Waals surface area contributed by atoms with Crippen molar-refractivity contribution in [1.29, 1.82) is 0 Å². The average Bonchev–Trinajstić information content (AvgIpc) is 2.49. The molecule has 2 heterocycles. The standard InChI is InChI=1S/C14H11N3.C2H6/c1-10-16-13(11-6-3-2-4-7-11)12-8-5-9-15-14(12)17-10;1-2/h2-9H,1H3;1-2H3. The van der Waals surface area contributed by atoms with Crippen LogP contribution in [0.1, 0.15) is 19.7 Å². The van der Waals surface area contributed by atoms with Crippen molar-refractivity contribution in [2.24, 2.45) is 0 Å². The lowest BCUT2D eigenvalue weighted by Gasteiger charge is -2.05. The fourth-order valence-corrected chi connectivity index (χ4v) is 1.89. The lowest BCUT2D eigenvalue weighted by Crippen LogP contribution is -1.95. The SMILES string of the molecule is CC.Cc1nc(-c2ccccc2)c2cccnc2n1. The van der Waals surface area contributed by atoms with Gasteiger partial charge in [0, 0.05) is 17.1 Å². The molecule has 0 aliphatic heterocycles. The Morgan fingerprint density at radius 3 is 2.32 bits per heavy atom. The second-order valence-electron chi connectivity index (χ2n) is 3.86. The Kier molecular flexibility index (Phi) is 4.18. The molecule has 0 radical (unpaired) electrons. The molecular formula is C16H17N3. The number of fused-ring (bicyclic) bond motifs is 1. The van der Waals surface area contributed by atoms with E-state index in [1.165, 1.54) is 0 Å². The maximum Gasteiger partial charge on any atom is 0.163 e. The first-order valence-corrected chi connectivity index (χ1v) is 6.49. The molecule has 0 spiro atoms. The van der Waals surface area contributed by atoms with Crippen LogP contribution in [0.5, 0.6) is 0 Å². The van der Waals surface area contributed by atoms with Crippen LogP contribution in [0.15, 0.2) is 48.7 Å². The topological polar surface area (TPSA) is 38.7 Å².